The fourth-order valence-electron chi connectivity index (χ4n) is 1.99. The maximum Gasteiger partial charge on any atom is 0.121 e. The molecule has 0 aliphatic heterocycles. The number of hydrogen-bond donors (Lipinski definition) is 1. The Hall–Kier alpha value is -0.763. The first-order valence-corrected chi connectivity index (χ1v) is 10.0. The van der Waals surface area contributed by atoms with Crippen LogP contribution < -0.4 is 0 Å². The van der Waals surface area contributed by atoms with Gasteiger partial charge in [0.15, 0.2) is 0 Å². The molecule has 0 aliphatic carbocycles. The molecule has 1 rings (SSSR count). The molecule has 0 radical (unpaired) electrons. The molecule has 0 unspecified atom stereocenters. The van der Waals surface area contributed by atoms with Crippen molar-refractivity contribution in [3.05, 3.63) is 28.8 Å². The van der Waals surface area contributed by atoms with Crippen LogP contribution in [0.15, 0.2) is 12.1 Å². The van der Waals surface area contributed by atoms with Crippen LogP contribution in [-0.2, 0) is 11.5 Å². The van der Waals surface area contributed by atoms with Gasteiger partial charge in [-0.3, -0.25) is 0 Å². The standard InChI is InChI=1S/C15H26OSi/c1-11-8-13(15(2,3)4)9-12(14(11)16)10-17(5,6)7/h8-9,16H,10H2,1-7H3. The Labute approximate surface area is 107 Å². The van der Waals surface area contributed by atoms with Gasteiger partial charge in [0.1, 0.15) is 5.75 Å². The van der Waals surface area contributed by atoms with Crippen molar-refractivity contribution in [2.75, 3.05) is 0 Å². The molecule has 0 spiro atoms. The Morgan fingerprint density at radius 1 is 1.12 bits per heavy atom. The van der Waals surface area contributed by atoms with E-state index in [9.17, 15) is 5.11 Å². The zero-order valence-corrected chi connectivity index (χ0v) is 13.3. The highest BCUT2D eigenvalue weighted by Gasteiger charge is 2.21. The van der Waals surface area contributed by atoms with E-state index < -0.39 is 8.07 Å². The summed E-state index contributed by atoms with van der Waals surface area (Å²) >= 11 is 0. The maximum absolute atomic E-state index is 10.2. The lowest BCUT2D eigenvalue weighted by Crippen LogP contribution is -2.24. The fraction of sp³-hybridized carbons (Fsp3) is 0.600. The Morgan fingerprint density at radius 2 is 1.65 bits per heavy atom. The highest BCUT2D eigenvalue weighted by atomic mass is 28.3. The average Bonchev–Trinajstić information content (AvgIpc) is 2.08. The molecule has 1 aromatic carbocycles. The Kier molecular flexibility index (Phi) is 3.77. The number of aromatic hydroxyl groups is 1. The minimum Gasteiger partial charge on any atom is -0.507 e. The second-order valence-electron chi connectivity index (χ2n) is 7.29. The predicted molar refractivity (Wildman–Crippen MR) is 78.6 cm³/mol. The summed E-state index contributed by atoms with van der Waals surface area (Å²) in [6.07, 6.45) is 0. The third-order valence-electron chi connectivity index (χ3n) is 2.97. The summed E-state index contributed by atoms with van der Waals surface area (Å²) in [5.41, 5.74) is 3.60. The lowest BCUT2D eigenvalue weighted by atomic mass is 9.85. The minimum absolute atomic E-state index is 0.145. The monoisotopic (exact) mass is 250 g/mol. The van der Waals surface area contributed by atoms with E-state index in [1.807, 2.05) is 6.92 Å². The molecule has 0 saturated heterocycles. The normalized spacial score (nSPS) is 12.9. The quantitative estimate of drug-likeness (QED) is 0.770. The van der Waals surface area contributed by atoms with Crippen molar-refractivity contribution in [1.29, 1.82) is 0 Å². The first-order chi connectivity index (χ1) is 7.50. The van der Waals surface area contributed by atoms with Gasteiger partial charge in [-0.15, -0.1) is 0 Å². The lowest BCUT2D eigenvalue weighted by molar-refractivity contribution is 0.464. The van der Waals surface area contributed by atoms with E-state index in [1.165, 1.54) is 5.56 Å². The Bertz CT molecular complexity index is 408. The van der Waals surface area contributed by atoms with E-state index >= 15 is 0 Å². The largest absolute Gasteiger partial charge is 0.507 e. The number of rotatable bonds is 2. The molecular formula is C15H26OSi. The number of benzene rings is 1. The molecule has 1 aromatic rings. The van der Waals surface area contributed by atoms with Crippen LogP contribution in [-0.4, -0.2) is 13.2 Å². The number of aryl methyl sites for hydroxylation is 1. The summed E-state index contributed by atoms with van der Waals surface area (Å²) in [6, 6.07) is 5.35. The van der Waals surface area contributed by atoms with E-state index in [0.717, 1.165) is 17.2 Å². The van der Waals surface area contributed by atoms with Gasteiger partial charge in [-0.25, -0.2) is 0 Å². The van der Waals surface area contributed by atoms with Crippen molar-refractivity contribution in [2.45, 2.75) is 58.8 Å². The molecule has 0 atom stereocenters. The lowest BCUT2D eigenvalue weighted by Gasteiger charge is -2.24. The van der Waals surface area contributed by atoms with E-state index in [1.54, 1.807) is 0 Å². The van der Waals surface area contributed by atoms with Crippen molar-refractivity contribution in [2.24, 2.45) is 0 Å². The van der Waals surface area contributed by atoms with Crippen LogP contribution in [0.25, 0.3) is 0 Å². The zero-order chi connectivity index (χ0) is 13.4. The van der Waals surface area contributed by atoms with Gasteiger partial charge in [-0.1, -0.05) is 52.5 Å². The smallest absolute Gasteiger partial charge is 0.121 e. The van der Waals surface area contributed by atoms with Gasteiger partial charge in [0.25, 0.3) is 0 Å². The molecule has 2 heteroatoms. The highest BCUT2D eigenvalue weighted by Crippen LogP contribution is 2.32. The molecule has 1 nitrogen and oxygen atoms in total. The first-order valence-electron chi connectivity index (χ1n) is 6.34. The number of hydrogen-bond acceptors (Lipinski definition) is 1. The van der Waals surface area contributed by atoms with E-state index in [0.29, 0.717) is 5.75 Å². The predicted octanol–water partition coefficient (Wildman–Crippen LogP) is 4.42. The zero-order valence-electron chi connectivity index (χ0n) is 12.3. The molecule has 17 heavy (non-hydrogen) atoms. The molecule has 0 aliphatic rings. The summed E-state index contributed by atoms with van der Waals surface area (Å²) in [6.45, 7) is 15.7. The van der Waals surface area contributed by atoms with E-state index in [-0.39, 0.29) is 5.41 Å². The van der Waals surface area contributed by atoms with Crippen LogP contribution in [0.5, 0.6) is 5.75 Å². The van der Waals surface area contributed by atoms with Crippen LogP contribution in [0.3, 0.4) is 0 Å². The molecule has 0 bridgehead atoms. The average molecular weight is 250 g/mol. The summed E-state index contributed by atoms with van der Waals surface area (Å²) in [7, 11) is -1.19. The van der Waals surface area contributed by atoms with E-state index in [4.69, 9.17) is 0 Å². The summed E-state index contributed by atoms with van der Waals surface area (Å²) in [4.78, 5) is 0. The van der Waals surface area contributed by atoms with Gasteiger partial charge in [0.05, 0.1) is 0 Å². The molecule has 96 valence electrons. The van der Waals surface area contributed by atoms with Crippen LogP contribution in [0.1, 0.15) is 37.5 Å². The van der Waals surface area contributed by atoms with E-state index in [2.05, 4.69) is 52.5 Å². The Balaban J connectivity index is 3.26. The van der Waals surface area contributed by atoms with Crippen LogP contribution in [0, 0.1) is 6.92 Å². The molecule has 0 heterocycles. The molecule has 0 fully saturated rings. The van der Waals surface area contributed by atoms with Crippen LogP contribution in [0.4, 0.5) is 0 Å². The van der Waals surface area contributed by atoms with Gasteiger partial charge in [0.2, 0.25) is 0 Å². The summed E-state index contributed by atoms with van der Waals surface area (Å²) in [5.74, 6) is 0.500. The molecule has 0 amide bonds. The van der Waals surface area contributed by atoms with Gasteiger partial charge < -0.3 is 5.11 Å². The molecule has 1 N–H and O–H groups in total. The van der Waals surface area contributed by atoms with Gasteiger partial charge in [0, 0.05) is 8.07 Å². The topological polar surface area (TPSA) is 20.2 Å². The second kappa shape index (κ2) is 4.49. The van der Waals surface area contributed by atoms with Crippen molar-refractivity contribution >= 4 is 8.07 Å². The second-order valence-corrected chi connectivity index (χ2v) is 12.8. The molecule has 0 aromatic heterocycles. The first kappa shape index (κ1) is 14.3. The molecule has 0 saturated carbocycles. The number of phenolic OH excluding ortho intramolecular Hbond substituents is 1. The third-order valence-corrected chi connectivity index (χ3v) is 4.41. The summed E-state index contributed by atoms with van der Waals surface area (Å²) in [5, 5.41) is 10.2. The van der Waals surface area contributed by atoms with Crippen LogP contribution >= 0.6 is 0 Å². The van der Waals surface area contributed by atoms with Gasteiger partial charge >= 0.3 is 0 Å². The van der Waals surface area contributed by atoms with Crippen molar-refractivity contribution in [1.82, 2.24) is 0 Å². The molecular weight excluding hydrogens is 224 g/mol. The van der Waals surface area contributed by atoms with Gasteiger partial charge in [-0.2, -0.15) is 0 Å². The highest BCUT2D eigenvalue weighted by molar-refractivity contribution is 6.75. The summed E-state index contributed by atoms with van der Waals surface area (Å²) < 4.78 is 0. The van der Waals surface area contributed by atoms with Crippen molar-refractivity contribution < 1.29 is 5.11 Å². The fourth-order valence-corrected chi connectivity index (χ4v) is 3.40. The van der Waals surface area contributed by atoms with Crippen LogP contribution in [0.2, 0.25) is 19.6 Å². The number of phenols is 1. The SMILES string of the molecule is Cc1cc(C(C)(C)C)cc(C[Si](C)(C)C)c1O. The van der Waals surface area contributed by atoms with Crippen molar-refractivity contribution in [3.63, 3.8) is 0 Å². The third kappa shape index (κ3) is 3.88. The maximum atomic E-state index is 10.2. The minimum atomic E-state index is -1.19. The van der Waals surface area contributed by atoms with Gasteiger partial charge in [-0.05, 0) is 35.1 Å². The van der Waals surface area contributed by atoms with Crippen molar-refractivity contribution in [3.8, 4) is 5.75 Å². The Morgan fingerprint density at radius 3 is 2.06 bits per heavy atom.